The Morgan fingerprint density at radius 2 is 1.90 bits per heavy atom. The number of carbonyl (C=O) groups is 3. The number of aliphatic hydroxyl groups excluding tert-OH is 1. The highest BCUT2D eigenvalue weighted by Gasteiger charge is 2.31. The summed E-state index contributed by atoms with van der Waals surface area (Å²) < 4.78 is 0. The summed E-state index contributed by atoms with van der Waals surface area (Å²) >= 11 is 1.45. The van der Waals surface area contributed by atoms with Gasteiger partial charge in [-0.1, -0.05) is 18.2 Å². The highest BCUT2D eigenvalue weighted by molar-refractivity contribution is 7.98. The number of H-pyrrole nitrogens is 1. The van der Waals surface area contributed by atoms with Crippen LogP contribution in [-0.2, 0) is 20.8 Å². The molecule has 10 heteroatoms. The van der Waals surface area contributed by atoms with Gasteiger partial charge in [0.25, 0.3) is 0 Å². The third-order valence-corrected chi connectivity index (χ3v) is 5.38. The Bertz CT molecular complexity index is 885. The second-order valence-corrected chi connectivity index (χ2v) is 8.06. The Labute approximate surface area is 178 Å². The zero-order valence-corrected chi connectivity index (χ0v) is 17.7. The summed E-state index contributed by atoms with van der Waals surface area (Å²) in [6, 6.07) is 4.22. The lowest BCUT2D eigenvalue weighted by atomic mass is 10.0. The molecular formula is C20H28N4O5S. The largest absolute Gasteiger partial charge is 0.480 e. The van der Waals surface area contributed by atoms with Crippen LogP contribution in [0.5, 0.6) is 0 Å². The maximum absolute atomic E-state index is 12.6. The summed E-state index contributed by atoms with van der Waals surface area (Å²) in [7, 11) is 0. The Hall–Kier alpha value is -2.56. The van der Waals surface area contributed by atoms with Crippen LogP contribution in [0.4, 0.5) is 0 Å². The summed E-state index contributed by atoms with van der Waals surface area (Å²) in [6.45, 7) is 1.34. The maximum Gasteiger partial charge on any atom is 0.326 e. The molecular weight excluding hydrogens is 408 g/mol. The molecule has 0 saturated carbocycles. The molecule has 4 unspecified atom stereocenters. The SMILES string of the molecule is CSCCC(NC(=O)C(NC(=O)C(N)Cc1c[nH]c2ccccc12)C(C)O)C(=O)O. The van der Waals surface area contributed by atoms with Gasteiger partial charge in [0.1, 0.15) is 12.1 Å². The number of rotatable bonds is 11. The first-order valence-electron chi connectivity index (χ1n) is 9.55. The predicted molar refractivity (Wildman–Crippen MR) is 116 cm³/mol. The van der Waals surface area contributed by atoms with Gasteiger partial charge < -0.3 is 31.6 Å². The topological polar surface area (TPSA) is 158 Å². The molecule has 2 aromatic rings. The number of hydrogen-bond donors (Lipinski definition) is 6. The van der Waals surface area contributed by atoms with Crippen LogP contribution in [0.2, 0.25) is 0 Å². The normalized spacial score (nSPS) is 15.2. The number of amides is 2. The standard InChI is InChI=1S/C20H28N4O5S/c1-11(25)17(19(27)23-16(20(28)29)7-8-30-2)24-18(26)14(21)9-12-10-22-15-6-4-3-5-13(12)15/h3-6,10-11,14,16-17,22,25H,7-9,21H2,1-2H3,(H,23,27)(H,24,26)(H,28,29). The van der Waals surface area contributed by atoms with Gasteiger partial charge in [-0.3, -0.25) is 9.59 Å². The van der Waals surface area contributed by atoms with E-state index in [4.69, 9.17) is 5.73 Å². The van der Waals surface area contributed by atoms with Gasteiger partial charge in [0.05, 0.1) is 12.1 Å². The number of thioether (sulfide) groups is 1. The minimum absolute atomic E-state index is 0.225. The van der Waals surface area contributed by atoms with Gasteiger partial charge in [-0.05, 0) is 43.4 Å². The number of fused-ring (bicyclic) bond motifs is 1. The third-order valence-electron chi connectivity index (χ3n) is 4.74. The molecule has 2 rings (SSSR count). The molecule has 0 fully saturated rings. The van der Waals surface area contributed by atoms with Crippen molar-refractivity contribution in [3.8, 4) is 0 Å². The first-order valence-corrected chi connectivity index (χ1v) is 10.9. The number of carboxylic acids is 1. The van der Waals surface area contributed by atoms with E-state index >= 15 is 0 Å². The lowest BCUT2D eigenvalue weighted by Crippen LogP contribution is -2.58. The van der Waals surface area contributed by atoms with Gasteiger partial charge in [-0.2, -0.15) is 11.8 Å². The van der Waals surface area contributed by atoms with Gasteiger partial charge >= 0.3 is 5.97 Å². The average Bonchev–Trinajstić information content (AvgIpc) is 3.11. The number of carboxylic acid groups (broad SMARTS) is 1. The van der Waals surface area contributed by atoms with Crippen LogP contribution < -0.4 is 16.4 Å². The number of aliphatic hydroxyl groups is 1. The summed E-state index contributed by atoms with van der Waals surface area (Å²) in [6.07, 6.45) is 2.83. The Morgan fingerprint density at radius 3 is 2.53 bits per heavy atom. The maximum atomic E-state index is 12.6. The van der Waals surface area contributed by atoms with E-state index in [2.05, 4.69) is 15.6 Å². The van der Waals surface area contributed by atoms with E-state index in [1.54, 1.807) is 6.20 Å². The Kier molecular flexibility index (Phi) is 8.70. The number of para-hydroxylation sites is 1. The predicted octanol–water partition coefficient (Wildman–Crippen LogP) is 0.226. The number of carbonyl (C=O) groups excluding carboxylic acids is 2. The van der Waals surface area contributed by atoms with E-state index in [1.807, 2.05) is 30.5 Å². The van der Waals surface area contributed by atoms with Crippen molar-refractivity contribution in [1.82, 2.24) is 15.6 Å². The number of nitrogens with one attached hydrogen (secondary N) is 3. The van der Waals surface area contributed by atoms with Crippen molar-refractivity contribution in [2.45, 2.75) is 44.0 Å². The molecule has 2 amide bonds. The van der Waals surface area contributed by atoms with E-state index < -0.39 is 42.0 Å². The number of aromatic nitrogens is 1. The van der Waals surface area contributed by atoms with E-state index in [9.17, 15) is 24.6 Å². The minimum atomic E-state index is -1.32. The van der Waals surface area contributed by atoms with Crippen molar-refractivity contribution in [3.05, 3.63) is 36.0 Å². The summed E-state index contributed by atoms with van der Waals surface area (Å²) in [5.74, 6) is -2.02. The molecule has 0 bridgehead atoms. The van der Waals surface area contributed by atoms with Crippen molar-refractivity contribution < 1.29 is 24.6 Å². The third kappa shape index (κ3) is 6.22. The first-order chi connectivity index (χ1) is 14.2. The summed E-state index contributed by atoms with van der Waals surface area (Å²) in [5.41, 5.74) is 7.81. The van der Waals surface area contributed by atoms with Crippen LogP contribution in [0.1, 0.15) is 18.9 Å². The fraction of sp³-hybridized carbons (Fsp3) is 0.450. The minimum Gasteiger partial charge on any atom is -0.480 e. The van der Waals surface area contributed by atoms with E-state index in [0.29, 0.717) is 5.75 Å². The summed E-state index contributed by atoms with van der Waals surface area (Å²) in [5, 5.41) is 25.0. The molecule has 0 spiro atoms. The summed E-state index contributed by atoms with van der Waals surface area (Å²) in [4.78, 5) is 39.5. The quantitative estimate of drug-likeness (QED) is 0.294. The van der Waals surface area contributed by atoms with Gasteiger partial charge in [0.15, 0.2) is 0 Å². The van der Waals surface area contributed by atoms with Crippen LogP contribution in [0.25, 0.3) is 10.9 Å². The number of hydrogen-bond acceptors (Lipinski definition) is 6. The van der Waals surface area contributed by atoms with E-state index in [-0.39, 0.29) is 12.8 Å². The van der Waals surface area contributed by atoms with Crippen molar-refractivity contribution >= 4 is 40.4 Å². The molecule has 1 aromatic heterocycles. The fourth-order valence-corrected chi connectivity index (χ4v) is 3.52. The number of aromatic amines is 1. The molecule has 30 heavy (non-hydrogen) atoms. The molecule has 4 atom stereocenters. The Balaban J connectivity index is 2.03. The smallest absolute Gasteiger partial charge is 0.326 e. The van der Waals surface area contributed by atoms with Crippen LogP contribution in [0.3, 0.4) is 0 Å². The van der Waals surface area contributed by atoms with E-state index in [1.165, 1.54) is 18.7 Å². The molecule has 0 radical (unpaired) electrons. The van der Waals surface area contributed by atoms with Gasteiger partial charge in [-0.15, -0.1) is 0 Å². The molecule has 164 valence electrons. The van der Waals surface area contributed by atoms with Crippen LogP contribution in [0.15, 0.2) is 30.5 Å². The molecule has 0 saturated heterocycles. The fourth-order valence-electron chi connectivity index (χ4n) is 3.05. The lowest BCUT2D eigenvalue weighted by Gasteiger charge is -2.24. The monoisotopic (exact) mass is 436 g/mol. The van der Waals surface area contributed by atoms with E-state index in [0.717, 1.165) is 16.5 Å². The highest BCUT2D eigenvalue weighted by atomic mass is 32.2. The zero-order valence-electron chi connectivity index (χ0n) is 16.9. The number of nitrogens with two attached hydrogens (primary N) is 1. The van der Waals surface area contributed by atoms with Crippen molar-refractivity contribution in [1.29, 1.82) is 0 Å². The molecule has 1 heterocycles. The number of aliphatic carboxylic acids is 1. The highest BCUT2D eigenvalue weighted by Crippen LogP contribution is 2.18. The van der Waals surface area contributed by atoms with Crippen molar-refractivity contribution in [2.75, 3.05) is 12.0 Å². The second-order valence-electron chi connectivity index (χ2n) is 7.08. The average molecular weight is 437 g/mol. The van der Waals surface area contributed by atoms with Gasteiger partial charge in [0.2, 0.25) is 11.8 Å². The lowest BCUT2D eigenvalue weighted by molar-refractivity contribution is -0.143. The molecule has 7 N–H and O–H groups in total. The van der Waals surface area contributed by atoms with Crippen molar-refractivity contribution in [3.63, 3.8) is 0 Å². The zero-order chi connectivity index (χ0) is 22.3. The molecule has 0 aliphatic rings. The van der Waals surface area contributed by atoms with Crippen LogP contribution in [0, 0.1) is 0 Å². The van der Waals surface area contributed by atoms with Gasteiger partial charge in [0, 0.05) is 17.1 Å². The van der Waals surface area contributed by atoms with Crippen molar-refractivity contribution in [2.24, 2.45) is 5.73 Å². The molecule has 1 aromatic carbocycles. The first kappa shape index (κ1) is 23.7. The molecule has 0 aliphatic heterocycles. The second kappa shape index (κ2) is 11.0. The van der Waals surface area contributed by atoms with Gasteiger partial charge in [-0.25, -0.2) is 4.79 Å². The molecule has 9 nitrogen and oxygen atoms in total. The number of benzene rings is 1. The van der Waals surface area contributed by atoms with Crippen LogP contribution >= 0.6 is 11.8 Å². The van der Waals surface area contributed by atoms with Crippen LogP contribution in [-0.4, -0.2) is 69.2 Å². The Morgan fingerprint density at radius 1 is 1.20 bits per heavy atom. The molecule has 0 aliphatic carbocycles.